The van der Waals surface area contributed by atoms with E-state index in [1.54, 1.807) is 54.5 Å². The van der Waals surface area contributed by atoms with Crippen LogP contribution in [0.4, 0.5) is 15.8 Å². The second-order valence-electron chi connectivity index (χ2n) is 10.3. The lowest BCUT2D eigenvalue weighted by Crippen LogP contribution is -2.52. The number of nitrogens with one attached hydrogen (secondary N) is 1. The summed E-state index contributed by atoms with van der Waals surface area (Å²) in [7, 11) is 3.25. The highest BCUT2D eigenvalue weighted by molar-refractivity contribution is 6.08. The zero-order valence-corrected chi connectivity index (χ0v) is 23.4. The first-order valence-electron chi connectivity index (χ1n) is 13.0. The number of nitrogens with zero attached hydrogens (tertiary/aromatic N) is 2. The standard InChI is InChI=1S/C32H30FN3O5/c1-19-8-9-21(33)15-27(19)40-18-25-23(12-13-26-29(25)36(4)31(38)32(2,3)35-26)24-11-10-22(16-28(24)39-5)41-30(37)20-7-6-14-34-17-20/h6-17,35H,18H2,1-5H3. The van der Waals surface area contributed by atoms with Crippen LogP contribution in [-0.4, -0.2) is 36.6 Å². The number of anilines is 2. The Balaban J connectivity index is 1.58. The van der Waals surface area contributed by atoms with Gasteiger partial charge in [0.05, 0.1) is 24.0 Å². The third kappa shape index (κ3) is 5.43. The number of fused-ring (bicyclic) bond motifs is 1. The van der Waals surface area contributed by atoms with Crippen molar-refractivity contribution in [2.75, 3.05) is 24.4 Å². The Morgan fingerprint density at radius 3 is 2.56 bits per heavy atom. The Morgan fingerprint density at radius 2 is 1.83 bits per heavy atom. The van der Waals surface area contributed by atoms with E-state index in [2.05, 4.69) is 10.3 Å². The Kier molecular flexibility index (Phi) is 7.36. The van der Waals surface area contributed by atoms with Crippen LogP contribution in [0.1, 0.15) is 35.3 Å². The molecule has 3 aromatic carbocycles. The maximum Gasteiger partial charge on any atom is 0.345 e. The van der Waals surface area contributed by atoms with Gasteiger partial charge in [0.1, 0.15) is 35.2 Å². The molecule has 0 unspecified atom stereocenters. The van der Waals surface area contributed by atoms with Crippen molar-refractivity contribution < 1.29 is 28.2 Å². The molecule has 0 spiro atoms. The number of ether oxygens (including phenoxy) is 3. The maximum atomic E-state index is 14.0. The van der Waals surface area contributed by atoms with Crippen LogP contribution >= 0.6 is 0 Å². The third-order valence-corrected chi connectivity index (χ3v) is 7.00. The minimum atomic E-state index is -0.808. The van der Waals surface area contributed by atoms with E-state index in [1.165, 1.54) is 25.4 Å². The molecule has 210 valence electrons. The van der Waals surface area contributed by atoms with Gasteiger partial charge in [-0.3, -0.25) is 9.78 Å². The average molecular weight is 556 g/mol. The Hall–Kier alpha value is -4.92. The van der Waals surface area contributed by atoms with Gasteiger partial charge in [-0.25, -0.2) is 9.18 Å². The smallest absolute Gasteiger partial charge is 0.345 e. The molecule has 1 amide bonds. The van der Waals surface area contributed by atoms with E-state index in [4.69, 9.17) is 14.2 Å². The summed E-state index contributed by atoms with van der Waals surface area (Å²) in [6, 6.07) is 16.5. The number of hydrogen-bond donors (Lipinski definition) is 1. The van der Waals surface area contributed by atoms with Gasteiger partial charge in [-0.2, -0.15) is 0 Å². The zero-order valence-electron chi connectivity index (χ0n) is 23.4. The van der Waals surface area contributed by atoms with Crippen molar-refractivity contribution in [1.82, 2.24) is 4.98 Å². The third-order valence-electron chi connectivity index (χ3n) is 7.00. The Bertz CT molecular complexity index is 1640. The number of aryl methyl sites for hydroxylation is 1. The van der Waals surface area contributed by atoms with Crippen molar-refractivity contribution in [3.63, 3.8) is 0 Å². The van der Waals surface area contributed by atoms with Gasteiger partial charge in [-0.15, -0.1) is 0 Å². The first-order chi connectivity index (χ1) is 19.6. The monoisotopic (exact) mass is 555 g/mol. The number of pyridine rings is 1. The molecule has 0 bridgehead atoms. The molecule has 41 heavy (non-hydrogen) atoms. The summed E-state index contributed by atoms with van der Waals surface area (Å²) in [6.45, 7) is 5.53. The van der Waals surface area contributed by atoms with Crippen molar-refractivity contribution in [2.24, 2.45) is 0 Å². The summed E-state index contributed by atoms with van der Waals surface area (Å²) in [4.78, 5) is 31.4. The second-order valence-corrected chi connectivity index (χ2v) is 10.3. The van der Waals surface area contributed by atoms with E-state index in [0.29, 0.717) is 39.6 Å². The van der Waals surface area contributed by atoms with Crippen LogP contribution in [0, 0.1) is 12.7 Å². The van der Waals surface area contributed by atoms with Crippen LogP contribution in [0.15, 0.2) is 73.1 Å². The number of rotatable bonds is 7. The van der Waals surface area contributed by atoms with Gasteiger partial charge >= 0.3 is 5.97 Å². The van der Waals surface area contributed by atoms with Crippen LogP contribution in [0.5, 0.6) is 17.2 Å². The van der Waals surface area contributed by atoms with Crippen LogP contribution < -0.4 is 24.4 Å². The summed E-state index contributed by atoms with van der Waals surface area (Å²) in [6.07, 6.45) is 3.01. The Labute approximate surface area is 237 Å². The predicted octanol–water partition coefficient (Wildman–Crippen LogP) is 6.17. The second kappa shape index (κ2) is 10.9. The molecule has 1 aromatic heterocycles. The van der Waals surface area contributed by atoms with Gasteiger partial charge in [0.2, 0.25) is 0 Å². The van der Waals surface area contributed by atoms with E-state index in [9.17, 15) is 14.0 Å². The molecule has 9 heteroatoms. The molecule has 8 nitrogen and oxygen atoms in total. The molecule has 0 saturated heterocycles. The first kappa shape index (κ1) is 27.6. The summed E-state index contributed by atoms with van der Waals surface area (Å²) in [5.41, 5.74) is 3.82. The number of methoxy groups -OCH3 is 1. The highest BCUT2D eigenvalue weighted by Crippen LogP contribution is 2.45. The predicted molar refractivity (Wildman–Crippen MR) is 154 cm³/mol. The number of esters is 1. The molecule has 4 aromatic rings. The lowest BCUT2D eigenvalue weighted by atomic mass is 9.91. The largest absolute Gasteiger partial charge is 0.496 e. The molecular formula is C32H30FN3O5. The molecule has 0 saturated carbocycles. The van der Waals surface area contributed by atoms with Crippen LogP contribution in [-0.2, 0) is 11.4 Å². The fourth-order valence-corrected chi connectivity index (χ4v) is 4.92. The summed E-state index contributed by atoms with van der Waals surface area (Å²) in [5, 5.41) is 3.33. The molecule has 0 radical (unpaired) electrons. The van der Waals surface area contributed by atoms with Crippen LogP contribution in [0.2, 0.25) is 0 Å². The van der Waals surface area contributed by atoms with E-state index < -0.39 is 17.3 Å². The van der Waals surface area contributed by atoms with Crippen molar-refractivity contribution >= 4 is 23.3 Å². The number of halogens is 1. The van der Waals surface area contributed by atoms with Crippen molar-refractivity contribution in [3.05, 3.63) is 95.6 Å². The van der Waals surface area contributed by atoms with Gasteiger partial charge in [-0.1, -0.05) is 12.1 Å². The maximum absolute atomic E-state index is 14.0. The van der Waals surface area contributed by atoms with E-state index in [0.717, 1.165) is 16.8 Å². The van der Waals surface area contributed by atoms with Crippen LogP contribution in [0.3, 0.4) is 0 Å². The lowest BCUT2D eigenvalue weighted by molar-refractivity contribution is -0.121. The number of likely N-dealkylation sites (N-methyl/N-ethyl adjacent to an activating group) is 1. The minimum absolute atomic E-state index is 0.0451. The first-order valence-corrected chi connectivity index (χ1v) is 13.0. The minimum Gasteiger partial charge on any atom is -0.496 e. The molecule has 1 aliphatic rings. The summed E-state index contributed by atoms with van der Waals surface area (Å²) >= 11 is 0. The summed E-state index contributed by atoms with van der Waals surface area (Å²) in [5.74, 6) is 0.0695. The number of aromatic nitrogens is 1. The number of carbonyl (C=O) groups excluding carboxylic acids is 2. The van der Waals surface area contributed by atoms with E-state index in [-0.39, 0.29) is 12.5 Å². The van der Waals surface area contributed by atoms with Gasteiger partial charge in [0.15, 0.2) is 0 Å². The van der Waals surface area contributed by atoms with E-state index in [1.807, 2.05) is 32.9 Å². The SMILES string of the molecule is COc1cc(OC(=O)c2cccnc2)ccc1-c1ccc2c(c1COc1cc(F)ccc1C)N(C)C(=O)C(C)(C)N2. The van der Waals surface area contributed by atoms with Crippen LogP contribution in [0.25, 0.3) is 11.1 Å². The molecule has 5 rings (SSSR count). The fraction of sp³-hybridized carbons (Fsp3) is 0.219. The number of hydrogen-bond acceptors (Lipinski definition) is 7. The van der Waals surface area contributed by atoms with E-state index >= 15 is 0 Å². The van der Waals surface area contributed by atoms with Crippen molar-refractivity contribution in [1.29, 1.82) is 0 Å². The molecule has 0 atom stereocenters. The zero-order chi connectivity index (χ0) is 29.3. The number of benzene rings is 3. The number of amides is 1. The lowest BCUT2D eigenvalue weighted by Gasteiger charge is -2.39. The molecule has 0 aliphatic carbocycles. The summed E-state index contributed by atoms with van der Waals surface area (Å²) < 4.78 is 31.4. The van der Waals surface area contributed by atoms with Gasteiger partial charge in [0, 0.05) is 42.7 Å². The van der Waals surface area contributed by atoms with Gasteiger partial charge in [-0.05, 0) is 68.3 Å². The molecular weight excluding hydrogens is 525 g/mol. The highest BCUT2D eigenvalue weighted by atomic mass is 19.1. The van der Waals surface area contributed by atoms with Crippen molar-refractivity contribution in [3.8, 4) is 28.4 Å². The highest BCUT2D eigenvalue weighted by Gasteiger charge is 2.38. The molecule has 1 aliphatic heterocycles. The van der Waals surface area contributed by atoms with Crippen molar-refractivity contribution in [2.45, 2.75) is 32.9 Å². The normalized spacial score (nSPS) is 13.7. The molecule has 1 N–H and O–H groups in total. The van der Waals surface area contributed by atoms with Gasteiger partial charge < -0.3 is 24.4 Å². The topological polar surface area (TPSA) is 90.0 Å². The molecule has 2 heterocycles. The Morgan fingerprint density at radius 1 is 1.05 bits per heavy atom. The fourth-order valence-electron chi connectivity index (χ4n) is 4.92. The number of carbonyl (C=O) groups is 2. The average Bonchev–Trinajstić information content (AvgIpc) is 2.96. The van der Waals surface area contributed by atoms with Gasteiger partial charge in [0.25, 0.3) is 5.91 Å². The molecule has 0 fully saturated rings. The quantitative estimate of drug-likeness (QED) is 0.215.